The number of pyridine rings is 1. The molecule has 0 bridgehead atoms. The van der Waals surface area contributed by atoms with Crippen LogP contribution >= 0.6 is 0 Å². The second kappa shape index (κ2) is 6.75. The van der Waals surface area contributed by atoms with Gasteiger partial charge in [0.25, 0.3) is 0 Å². The van der Waals surface area contributed by atoms with Crippen LogP contribution < -0.4 is 10.2 Å². The Labute approximate surface area is 127 Å². The van der Waals surface area contributed by atoms with Gasteiger partial charge in [-0.2, -0.15) is 0 Å². The van der Waals surface area contributed by atoms with Crippen LogP contribution in [0.2, 0.25) is 0 Å². The first kappa shape index (κ1) is 16.2. The van der Waals surface area contributed by atoms with Crippen LogP contribution in [0.1, 0.15) is 37.9 Å². The van der Waals surface area contributed by atoms with Crippen molar-refractivity contribution in [3.63, 3.8) is 0 Å². The molecule has 5 nitrogen and oxygen atoms in total. The molecule has 1 aliphatic rings. The minimum absolute atomic E-state index is 0.225. The molecule has 0 aliphatic carbocycles. The minimum atomic E-state index is -2.86. The van der Waals surface area contributed by atoms with Gasteiger partial charge in [0.1, 0.15) is 5.82 Å². The number of anilines is 1. The zero-order chi connectivity index (χ0) is 15.5. The molecule has 0 aromatic carbocycles. The fraction of sp³-hybridized carbons (Fsp3) is 0.667. The molecule has 1 aromatic heterocycles. The summed E-state index contributed by atoms with van der Waals surface area (Å²) in [5.41, 5.74) is 2.27. The molecule has 1 fully saturated rings. The molecule has 0 spiro atoms. The summed E-state index contributed by atoms with van der Waals surface area (Å²) in [5.74, 6) is 1.72. The van der Waals surface area contributed by atoms with Gasteiger partial charge in [0.05, 0.1) is 11.5 Å². The summed E-state index contributed by atoms with van der Waals surface area (Å²) >= 11 is 0. The highest BCUT2D eigenvalue weighted by atomic mass is 32.2. The van der Waals surface area contributed by atoms with Crippen molar-refractivity contribution in [3.05, 3.63) is 23.4 Å². The second-order valence-corrected chi connectivity index (χ2v) is 8.14. The summed E-state index contributed by atoms with van der Waals surface area (Å²) in [6.07, 6.45) is 0. The lowest BCUT2D eigenvalue weighted by Gasteiger charge is -2.28. The van der Waals surface area contributed by atoms with Crippen LogP contribution in [0.15, 0.2) is 12.1 Å². The highest BCUT2D eigenvalue weighted by Gasteiger charge is 2.23. The van der Waals surface area contributed by atoms with E-state index in [0.717, 1.165) is 24.6 Å². The quantitative estimate of drug-likeness (QED) is 0.894. The lowest BCUT2D eigenvalue weighted by atomic mass is 10.1. The van der Waals surface area contributed by atoms with Gasteiger partial charge >= 0.3 is 0 Å². The van der Waals surface area contributed by atoms with Crippen LogP contribution in [0.25, 0.3) is 0 Å². The first-order valence-electron chi connectivity index (χ1n) is 7.58. The van der Waals surface area contributed by atoms with Crippen molar-refractivity contribution in [2.75, 3.05) is 36.0 Å². The number of aromatic nitrogens is 1. The Bertz CT molecular complexity index is 571. The minimum Gasteiger partial charge on any atom is -0.355 e. The van der Waals surface area contributed by atoms with E-state index in [-0.39, 0.29) is 11.5 Å². The van der Waals surface area contributed by atoms with Crippen LogP contribution in [0.3, 0.4) is 0 Å². The van der Waals surface area contributed by atoms with E-state index >= 15 is 0 Å². The summed E-state index contributed by atoms with van der Waals surface area (Å²) in [7, 11) is -2.86. The molecule has 2 rings (SSSR count). The van der Waals surface area contributed by atoms with Crippen LogP contribution in [-0.4, -0.2) is 44.5 Å². The highest BCUT2D eigenvalue weighted by Crippen LogP contribution is 2.21. The Balaban J connectivity index is 2.23. The first-order chi connectivity index (χ1) is 9.91. The van der Waals surface area contributed by atoms with E-state index in [9.17, 15) is 8.42 Å². The molecule has 118 valence electrons. The van der Waals surface area contributed by atoms with Gasteiger partial charge in [-0.05, 0) is 30.2 Å². The normalized spacial score (nSPS) is 18.2. The lowest BCUT2D eigenvalue weighted by molar-refractivity contribution is 0.586. The zero-order valence-corrected chi connectivity index (χ0v) is 13.9. The van der Waals surface area contributed by atoms with Crippen molar-refractivity contribution >= 4 is 15.7 Å². The van der Waals surface area contributed by atoms with Crippen LogP contribution in [0, 0.1) is 0 Å². The number of nitrogens with zero attached hydrogens (tertiary/aromatic N) is 2. The third-order valence-corrected chi connectivity index (χ3v) is 5.34. The number of hydrogen-bond donors (Lipinski definition) is 1. The molecule has 1 aromatic rings. The summed E-state index contributed by atoms with van der Waals surface area (Å²) in [6.45, 7) is 9.16. The van der Waals surface area contributed by atoms with Crippen LogP contribution in [0.5, 0.6) is 0 Å². The predicted octanol–water partition coefficient (Wildman–Crippen LogP) is 1.55. The molecule has 1 saturated heterocycles. The summed E-state index contributed by atoms with van der Waals surface area (Å²) in [6, 6.07) is 4.21. The molecular weight excluding hydrogens is 286 g/mol. The zero-order valence-electron chi connectivity index (χ0n) is 13.1. The molecule has 0 atom stereocenters. The van der Waals surface area contributed by atoms with Crippen molar-refractivity contribution < 1.29 is 8.42 Å². The van der Waals surface area contributed by atoms with Crippen molar-refractivity contribution in [1.82, 2.24) is 10.3 Å². The van der Waals surface area contributed by atoms with E-state index in [0.29, 0.717) is 19.0 Å². The summed E-state index contributed by atoms with van der Waals surface area (Å²) < 4.78 is 23.1. The number of nitrogens with one attached hydrogen (secondary N) is 1. The predicted molar refractivity (Wildman–Crippen MR) is 86.6 cm³/mol. The molecule has 1 N–H and O–H groups in total. The van der Waals surface area contributed by atoms with Crippen molar-refractivity contribution in [1.29, 1.82) is 0 Å². The largest absolute Gasteiger partial charge is 0.355 e. The molecule has 2 heterocycles. The van der Waals surface area contributed by atoms with E-state index in [2.05, 4.69) is 43.1 Å². The van der Waals surface area contributed by atoms with Gasteiger partial charge in [0, 0.05) is 25.3 Å². The topological polar surface area (TPSA) is 62.3 Å². The first-order valence-corrected chi connectivity index (χ1v) is 9.40. The Morgan fingerprint density at radius 1 is 1.29 bits per heavy atom. The van der Waals surface area contributed by atoms with E-state index < -0.39 is 9.84 Å². The molecule has 0 amide bonds. The van der Waals surface area contributed by atoms with Crippen LogP contribution in [-0.2, 0) is 16.4 Å². The van der Waals surface area contributed by atoms with Gasteiger partial charge in [-0.25, -0.2) is 13.4 Å². The van der Waals surface area contributed by atoms with E-state index in [1.54, 1.807) is 0 Å². The average molecular weight is 311 g/mol. The maximum Gasteiger partial charge on any atom is 0.153 e. The summed E-state index contributed by atoms with van der Waals surface area (Å²) in [5, 5.41) is 3.33. The van der Waals surface area contributed by atoms with Gasteiger partial charge in [-0.3, -0.25) is 0 Å². The molecule has 6 heteroatoms. The maximum absolute atomic E-state index is 11.6. The SMILES string of the molecule is CCNCc1cc(C(C)C)nc(N2CCS(=O)(=O)CC2)c1. The van der Waals surface area contributed by atoms with Gasteiger partial charge in [0.15, 0.2) is 9.84 Å². The Morgan fingerprint density at radius 3 is 2.52 bits per heavy atom. The molecule has 0 radical (unpaired) electrons. The number of sulfone groups is 1. The van der Waals surface area contributed by atoms with E-state index in [1.807, 2.05) is 0 Å². The molecular formula is C15H25N3O2S. The average Bonchev–Trinajstić information content (AvgIpc) is 2.44. The fourth-order valence-corrected chi connectivity index (χ4v) is 3.57. The Hall–Kier alpha value is -1.14. The van der Waals surface area contributed by atoms with Gasteiger partial charge < -0.3 is 10.2 Å². The van der Waals surface area contributed by atoms with Gasteiger partial charge in [0.2, 0.25) is 0 Å². The maximum atomic E-state index is 11.6. The smallest absolute Gasteiger partial charge is 0.153 e. The molecule has 21 heavy (non-hydrogen) atoms. The monoisotopic (exact) mass is 311 g/mol. The summed E-state index contributed by atoms with van der Waals surface area (Å²) in [4.78, 5) is 6.80. The second-order valence-electron chi connectivity index (χ2n) is 5.83. The Morgan fingerprint density at radius 2 is 1.95 bits per heavy atom. The Kier molecular flexibility index (Phi) is 5.22. The standard InChI is InChI=1S/C15H25N3O2S/c1-4-16-11-13-9-14(12(2)3)17-15(10-13)18-5-7-21(19,20)8-6-18/h9-10,12,16H,4-8,11H2,1-3H3. The lowest BCUT2D eigenvalue weighted by Crippen LogP contribution is -2.40. The third kappa shape index (κ3) is 4.41. The van der Waals surface area contributed by atoms with Crippen molar-refractivity contribution in [3.8, 4) is 0 Å². The molecule has 1 aliphatic heterocycles. The van der Waals surface area contributed by atoms with Crippen molar-refractivity contribution in [2.24, 2.45) is 0 Å². The van der Waals surface area contributed by atoms with E-state index in [4.69, 9.17) is 4.98 Å². The van der Waals surface area contributed by atoms with Crippen molar-refractivity contribution in [2.45, 2.75) is 33.2 Å². The number of hydrogen-bond acceptors (Lipinski definition) is 5. The van der Waals surface area contributed by atoms with Gasteiger partial charge in [-0.1, -0.05) is 20.8 Å². The molecule has 0 unspecified atom stereocenters. The van der Waals surface area contributed by atoms with Crippen LogP contribution in [0.4, 0.5) is 5.82 Å². The fourth-order valence-electron chi connectivity index (χ4n) is 2.36. The van der Waals surface area contributed by atoms with E-state index in [1.165, 1.54) is 5.56 Å². The van der Waals surface area contributed by atoms with Gasteiger partial charge in [-0.15, -0.1) is 0 Å². The number of rotatable bonds is 5. The highest BCUT2D eigenvalue weighted by molar-refractivity contribution is 7.91. The third-order valence-electron chi connectivity index (χ3n) is 3.73. The molecule has 0 saturated carbocycles.